The monoisotopic (exact) mass is 311 g/mol. The molecular weight excluding hydrogens is 293 g/mol. The molecule has 0 aliphatic heterocycles. The number of halogens is 1. The Labute approximate surface area is 126 Å². The summed E-state index contributed by atoms with van der Waals surface area (Å²) in [6.07, 6.45) is 0. The molecule has 0 aliphatic rings. The SMILES string of the molecule is CN(Cc1c(C(=O)O)sc2cccc(F)c12)C(C)(C)CO. The van der Waals surface area contributed by atoms with Gasteiger partial charge in [-0.1, -0.05) is 6.07 Å². The van der Waals surface area contributed by atoms with Crippen LogP contribution in [0.5, 0.6) is 0 Å². The molecule has 4 nitrogen and oxygen atoms in total. The summed E-state index contributed by atoms with van der Waals surface area (Å²) in [6.45, 7) is 3.88. The molecule has 2 aromatic rings. The molecule has 1 heterocycles. The minimum Gasteiger partial charge on any atom is -0.477 e. The number of hydrogen-bond acceptors (Lipinski definition) is 4. The van der Waals surface area contributed by atoms with Gasteiger partial charge in [-0.05, 0) is 33.0 Å². The largest absolute Gasteiger partial charge is 0.477 e. The van der Waals surface area contributed by atoms with Gasteiger partial charge in [0.2, 0.25) is 0 Å². The number of hydrogen-bond donors (Lipinski definition) is 2. The number of carbonyl (C=O) groups is 1. The molecule has 0 unspecified atom stereocenters. The van der Waals surface area contributed by atoms with Crippen molar-refractivity contribution in [1.82, 2.24) is 4.90 Å². The average molecular weight is 311 g/mol. The molecule has 0 saturated carbocycles. The molecule has 0 radical (unpaired) electrons. The van der Waals surface area contributed by atoms with E-state index in [4.69, 9.17) is 0 Å². The molecule has 6 heteroatoms. The number of nitrogens with zero attached hydrogens (tertiary/aromatic N) is 1. The van der Waals surface area contributed by atoms with Crippen molar-refractivity contribution in [3.8, 4) is 0 Å². The van der Waals surface area contributed by atoms with E-state index in [2.05, 4.69) is 0 Å². The lowest BCUT2D eigenvalue weighted by atomic mass is 10.0. The molecule has 0 aliphatic carbocycles. The fraction of sp³-hybridized carbons (Fsp3) is 0.400. The third-order valence-electron chi connectivity index (χ3n) is 3.77. The lowest BCUT2D eigenvalue weighted by Crippen LogP contribution is -2.43. The number of rotatable bonds is 5. The van der Waals surface area contributed by atoms with Crippen LogP contribution < -0.4 is 0 Å². The van der Waals surface area contributed by atoms with E-state index in [0.29, 0.717) is 15.6 Å². The molecule has 0 spiro atoms. The fourth-order valence-corrected chi connectivity index (χ4v) is 3.13. The maximum Gasteiger partial charge on any atom is 0.346 e. The van der Waals surface area contributed by atoms with E-state index in [1.807, 2.05) is 18.7 Å². The standard InChI is InChI=1S/C15H18FNO3S/c1-15(2,8-18)17(3)7-9-12-10(16)5-4-6-11(12)21-13(9)14(19)20/h4-6,18H,7-8H2,1-3H3,(H,19,20). The van der Waals surface area contributed by atoms with Crippen molar-refractivity contribution in [1.29, 1.82) is 0 Å². The van der Waals surface area contributed by atoms with E-state index in [-0.39, 0.29) is 18.0 Å². The third kappa shape index (κ3) is 2.92. The van der Waals surface area contributed by atoms with Crippen molar-refractivity contribution >= 4 is 27.4 Å². The summed E-state index contributed by atoms with van der Waals surface area (Å²) in [5.74, 6) is -1.47. The van der Waals surface area contributed by atoms with Crippen molar-refractivity contribution in [3.63, 3.8) is 0 Å². The Morgan fingerprint density at radius 2 is 2.10 bits per heavy atom. The van der Waals surface area contributed by atoms with Gasteiger partial charge in [-0.3, -0.25) is 4.90 Å². The minimum atomic E-state index is -1.05. The Bertz CT molecular complexity index is 681. The van der Waals surface area contributed by atoms with E-state index in [1.165, 1.54) is 6.07 Å². The molecule has 21 heavy (non-hydrogen) atoms. The van der Waals surface area contributed by atoms with Gasteiger partial charge in [0.05, 0.1) is 6.61 Å². The van der Waals surface area contributed by atoms with Gasteiger partial charge in [-0.2, -0.15) is 0 Å². The van der Waals surface area contributed by atoms with Crippen LogP contribution in [0.25, 0.3) is 10.1 Å². The number of carboxylic acid groups (broad SMARTS) is 1. The third-order valence-corrected chi connectivity index (χ3v) is 4.96. The average Bonchev–Trinajstić information content (AvgIpc) is 2.79. The number of aliphatic hydroxyl groups is 1. The molecule has 0 amide bonds. The zero-order valence-corrected chi connectivity index (χ0v) is 13.0. The van der Waals surface area contributed by atoms with Gasteiger partial charge < -0.3 is 10.2 Å². The van der Waals surface area contributed by atoms with E-state index in [0.717, 1.165) is 11.3 Å². The second-order valence-electron chi connectivity index (χ2n) is 5.65. The Morgan fingerprint density at radius 3 is 2.67 bits per heavy atom. The highest BCUT2D eigenvalue weighted by Crippen LogP contribution is 2.34. The molecular formula is C15H18FNO3S. The summed E-state index contributed by atoms with van der Waals surface area (Å²) in [6, 6.07) is 4.63. The number of likely N-dealkylation sites (N-methyl/N-ethyl adjacent to an activating group) is 1. The number of aromatic carboxylic acids is 1. The van der Waals surface area contributed by atoms with Gasteiger partial charge in [0.15, 0.2) is 0 Å². The van der Waals surface area contributed by atoms with Gasteiger partial charge in [0.25, 0.3) is 0 Å². The Kier molecular flexibility index (Phi) is 4.32. The smallest absolute Gasteiger partial charge is 0.346 e. The van der Waals surface area contributed by atoms with Crippen molar-refractivity contribution in [2.45, 2.75) is 25.9 Å². The number of aliphatic hydroxyl groups excluding tert-OH is 1. The zero-order valence-electron chi connectivity index (χ0n) is 12.2. The van der Waals surface area contributed by atoms with Crippen LogP contribution in [0.3, 0.4) is 0 Å². The second-order valence-corrected chi connectivity index (χ2v) is 6.71. The maximum absolute atomic E-state index is 14.1. The molecule has 1 aromatic heterocycles. The molecule has 0 atom stereocenters. The van der Waals surface area contributed by atoms with Gasteiger partial charge in [0, 0.05) is 27.7 Å². The van der Waals surface area contributed by atoms with E-state index in [9.17, 15) is 19.4 Å². The number of benzene rings is 1. The van der Waals surface area contributed by atoms with Gasteiger partial charge in [-0.25, -0.2) is 9.18 Å². The predicted octanol–water partition coefficient (Wildman–Crippen LogP) is 2.94. The van der Waals surface area contributed by atoms with Gasteiger partial charge >= 0.3 is 5.97 Å². The highest BCUT2D eigenvalue weighted by molar-refractivity contribution is 7.21. The Morgan fingerprint density at radius 1 is 1.43 bits per heavy atom. The van der Waals surface area contributed by atoms with Crippen molar-refractivity contribution in [3.05, 3.63) is 34.5 Å². The normalized spacial score (nSPS) is 12.3. The first-order valence-corrected chi connectivity index (χ1v) is 7.35. The van der Waals surface area contributed by atoms with Crippen LogP contribution in [0.2, 0.25) is 0 Å². The predicted molar refractivity (Wildman–Crippen MR) is 81.4 cm³/mol. The molecule has 114 valence electrons. The van der Waals surface area contributed by atoms with Crippen molar-refractivity contribution in [2.75, 3.05) is 13.7 Å². The Balaban J connectivity index is 2.56. The van der Waals surface area contributed by atoms with Crippen LogP contribution in [0.4, 0.5) is 4.39 Å². The lowest BCUT2D eigenvalue weighted by Gasteiger charge is -2.33. The maximum atomic E-state index is 14.1. The van der Waals surface area contributed by atoms with Crippen molar-refractivity contribution in [2.24, 2.45) is 0 Å². The highest BCUT2D eigenvalue weighted by Gasteiger charge is 2.27. The Hall–Kier alpha value is -1.50. The summed E-state index contributed by atoms with van der Waals surface area (Å²) in [5, 5.41) is 19.1. The molecule has 1 aromatic carbocycles. The zero-order chi connectivity index (χ0) is 15.8. The molecule has 0 bridgehead atoms. The lowest BCUT2D eigenvalue weighted by molar-refractivity contribution is 0.0677. The number of fused-ring (bicyclic) bond motifs is 1. The fourth-order valence-electron chi connectivity index (χ4n) is 2.06. The van der Waals surface area contributed by atoms with Gasteiger partial charge in [-0.15, -0.1) is 11.3 Å². The number of thiophene rings is 1. The minimum absolute atomic E-state index is 0.0730. The van der Waals surface area contributed by atoms with Crippen LogP contribution in [-0.4, -0.2) is 40.3 Å². The first-order valence-electron chi connectivity index (χ1n) is 6.53. The van der Waals surface area contributed by atoms with Crippen LogP contribution in [0.15, 0.2) is 18.2 Å². The number of carboxylic acids is 1. The molecule has 2 rings (SSSR count). The van der Waals surface area contributed by atoms with E-state index in [1.54, 1.807) is 19.2 Å². The summed E-state index contributed by atoms with van der Waals surface area (Å²) in [4.78, 5) is 13.4. The van der Waals surface area contributed by atoms with Crippen LogP contribution >= 0.6 is 11.3 Å². The topological polar surface area (TPSA) is 60.8 Å². The van der Waals surface area contributed by atoms with Crippen molar-refractivity contribution < 1.29 is 19.4 Å². The van der Waals surface area contributed by atoms with E-state index >= 15 is 0 Å². The van der Waals surface area contributed by atoms with Gasteiger partial charge in [0.1, 0.15) is 10.7 Å². The molecule has 0 saturated heterocycles. The van der Waals surface area contributed by atoms with Crippen LogP contribution in [-0.2, 0) is 6.54 Å². The summed E-state index contributed by atoms with van der Waals surface area (Å²) >= 11 is 1.08. The van der Waals surface area contributed by atoms with Crippen LogP contribution in [0, 0.1) is 5.82 Å². The molecule has 0 fully saturated rings. The van der Waals surface area contributed by atoms with E-state index < -0.39 is 17.3 Å². The summed E-state index contributed by atoms with van der Waals surface area (Å²) < 4.78 is 14.7. The summed E-state index contributed by atoms with van der Waals surface area (Å²) in [5.41, 5.74) is -0.0559. The van der Waals surface area contributed by atoms with Crippen LogP contribution in [0.1, 0.15) is 29.1 Å². The molecule has 2 N–H and O–H groups in total. The second kappa shape index (κ2) is 5.71. The quantitative estimate of drug-likeness (QED) is 0.891. The first kappa shape index (κ1) is 15.9. The summed E-state index contributed by atoms with van der Waals surface area (Å²) in [7, 11) is 1.78. The highest BCUT2D eigenvalue weighted by atomic mass is 32.1. The first-order chi connectivity index (χ1) is 9.77.